The van der Waals surface area contributed by atoms with Crippen molar-refractivity contribution in [1.29, 1.82) is 5.26 Å². The Morgan fingerprint density at radius 2 is 1.88 bits per heavy atom. The first kappa shape index (κ1) is 34.2. The Kier molecular flexibility index (Phi) is 9.26. The lowest BCUT2D eigenvalue weighted by Gasteiger charge is -2.60. The van der Waals surface area contributed by atoms with Crippen LogP contribution < -0.4 is 24.3 Å². The number of hydrogen-bond acceptors (Lipinski definition) is 11. The van der Waals surface area contributed by atoms with Gasteiger partial charge in [-0.2, -0.15) is 5.26 Å². The highest BCUT2D eigenvalue weighted by molar-refractivity contribution is 5.77. The highest BCUT2D eigenvalue weighted by Gasteiger charge is 2.57. The zero-order valence-corrected chi connectivity index (χ0v) is 29.2. The van der Waals surface area contributed by atoms with Crippen LogP contribution in [0.2, 0.25) is 0 Å². The quantitative estimate of drug-likeness (QED) is 0.178. The minimum atomic E-state index is -0.899. The van der Waals surface area contributed by atoms with Gasteiger partial charge in [-0.05, 0) is 56.8 Å². The van der Waals surface area contributed by atoms with Crippen LogP contribution >= 0.6 is 0 Å². The Balaban J connectivity index is 1.37. The number of piperazine rings is 1. The van der Waals surface area contributed by atoms with Gasteiger partial charge in [-0.25, -0.2) is 4.79 Å². The summed E-state index contributed by atoms with van der Waals surface area (Å²) in [5, 5.41) is 25.8. The first-order valence-corrected chi connectivity index (χ1v) is 17.2. The number of nitriles is 1. The molecule has 1 saturated heterocycles. The Bertz CT molecular complexity index is 1920. The van der Waals surface area contributed by atoms with Gasteiger partial charge in [0.2, 0.25) is 12.7 Å². The normalized spacial score (nSPS) is 22.8. The molecule has 1 amide bonds. The molecule has 0 spiro atoms. The summed E-state index contributed by atoms with van der Waals surface area (Å²) in [6, 6.07) is 12.3. The van der Waals surface area contributed by atoms with E-state index in [9.17, 15) is 20.0 Å². The molecular formula is C39H42N4O8. The molecule has 0 radical (unpaired) electrons. The van der Waals surface area contributed by atoms with Crippen LogP contribution in [0.4, 0.5) is 4.79 Å². The maximum atomic E-state index is 13.4. The molecule has 4 aliphatic rings. The number of aryl methyl sites for hydroxylation is 2. The van der Waals surface area contributed by atoms with Gasteiger partial charge in [0.05, 0.1) is 25.3 Å². The van der Waals surface area contributed by atoms with Crippen molar-refractivity contribution in [2.45, 2.75) is 69.7 Å². The number of methoxy groups -OCH3 is 1. The van der Waals surface area contributed by atoms with E-state index in [1.807, 2.05) is 50.4 Å². The van der Waals surface area contributed by atoms with Crippen molar-refractivity contribution in [3.05, 3.63) is 88.0 Å². The predicted molar refractivity (Wildman–Crippen MR) is 186 cm³/mol. The summed E-state index contributed by atoms with van der Waals surface area (Å²) in [5.41, 5.74) is 5.51. The second kappa shape index (κ2) is 13.8. The number of nitrogens with one attached hydrogen (secondary N) is 1. The van der Waals surface area contributed by atoms with Crippen LogP contribution in [-0.2, 0) is 28.8 Å². The molecule has 51 heavy (non-hydrogen) atoms. The SMILES string of the molecule is C=CCOC(=O)Oc1c(C)c2c(c3c1CC1[C@H]4c5c(cc(C)c(OC)c5O)C[C@@H]([C@H](C#N)N1[C@H]3CNC(=O)CCc1ccccc1)N4C)OCO2. The Morgan fingerprint density at radius 1 is 1.12 bits per heavy atom. The molecule has 4 aliphatic heterocycles. The van der Waals surface area contributed by atoms with Gasteiger partial charge >= 0.3 is 6.16 Å². The molecule has 0 aromatic heterocycles. The molecule has 12 nitrogen and oxygen atoms in total. The van der Waals surface area contributed by atoms with Crippen LogP contribution in [0.5, 0.6) is 28.7 Å². The van der Waals surface area contributed by atoms with Crippen molar-refractivity contribution in [3.63, 3.8) is 0 Å². The number of carbonyl (C=O) groups is 2. The van der Waals surface area contributed by atoms with E-state index in [0.29, 0.717) is 53.2 Å². The third-order valence-electron chi connectivity index (χ3n) is 10.7. The summed E-state index contributed by atoms with van der Waals surface area (Å²) < 4.78 is 28.9. The van der Waals surface area contributed by atoms with Crippen molar-refractivity contribution < 1.29 is 38.4 Å². The summed E-state index contributed by atoms with van der Waals surface area (Å²) in [5.74, 6) is 1.55. The van der Waals surface area contributed by atoms with Crippen LogP contribution in [0, 0.1) is 25.2 Å². The number of hydrogen-bond donors (Lipinski definition) is 2. The van der Waals surface area contributed by atoms with E-state index in [-0.39, 0.29) is 55.9 Å². The standard InChI is InChI=1S/C39H42N4O8/c1-6-14-48-39(46)51-36-22(3)37-38(50-20-49-37)32-25(36)17-27-33-31-24(15-21(2)35(47-5)34(31)45)16-26(42(33)4)28(18-40)43(27)29(32)19-41-30(44)13-12-23-10-8-7-9-11-23/h6-11,15,26-29,33,45H,1,12-14,16-17,19-20H2,2-5H3,(H,41,44)/t26-,27?,28-,29-,33-/m0/s1. The van der Waals surface area contributed by atoms with Crippen molar-refractivity contribution in [1.82, 2.24) is 15.1 Å². The van der Waals surface area contributed by atoms with E-state index < -0.39 is 24.3 Å². The summed E-state index contributed by atoms with van der Waals surface area (Å²) >= 11 is 0. The maximum absolute atomic E-state index is 13.4. The number of rotatable bonds is 9. The minimum Gasteiger partial charge on any atom is -0.504 e. The number of phenolic OH excluding ortho intramolecular Hbond substituents is 1. The Labute approximate surface area is 297 Å². The molecule has 3 aromatic carbocycles. The fraction of sp³-hybridized carbons (Fsp3) is 0.410. The van der Waals surface area contributed by atoms with E-state index in [2.05, 4.69) is 27.8 Å². The minimum absolute atomic E-state index is 0.0336. The summed E-state index contributed by atoms with van der Waals surface area (Å²) in [7, 11) is 3.52. The van der Waals surface area contributed by atoms with Crippen LogP contribution in [0.15, 0.2) is 49.1 Å². The summed E-state index contributed by atoms with van der Waals surface area (Å²) in [4.78, 5) is 30.8. The molecule has 2 N–H and O–H groups in total. The van der Waals surface area contributed by atoms with Gasteiger partial charge in [0.15, 0.2) is 23.0 Å². The molecule has 3 aromatic rings. The van der Waals surface area contributed by atoms with Crippen LogP contribution in [0.1, 0.15) is 57.4 Å². The predicted octanol–water partition coefficient (Wildman–Crippen LogP) is 4.97. The average molecular weight is 695 g/mol. The summed E-state index contributed by atoms with van der Waals surface area (Å²) in [6.07, 6.45) is 2.26. The second-order valence-electron chi connectivity index (χ2n) is 13.5. The molecule has 1 fully saturated rings. The molecule has 5 atom stereocenters. The number of fused-ring (bicyclic) bond motifs is 9. The number of carbonyl (C=O) groups excluding carboxylic acids is 2. The molecule has 0 aliphatic carbocycles. The van der Waals surface area contributed by atoms with Crippen molar-refractivity contribution in [2.24, 2.45) is 0 Å². The molecule has 12 heteroatoms. The first-order chi connectivity index (χ1) is 24.7. The molecule has 1 unspecified atom stereocenters. The van der Waals surface area contributed by atoms with E-state index in [0.717, 1.165) is 22.3 Å². The summed E-state index contributed by atoms with van der Waals surface area (Å²) in [6.45, 7) is 7.39. The number of benzene rings is 3. The van der Waals surface area contributed by atoms with Gasteiger partial charge in [-0.15, -0.1) is 0 Å². The van der Waals surface area contributed by atoms with E-state index in [1.165, 1.54) is 13.2 Å². The van der Waals surface area contributed by atoms with Crippen LogP contribution in [0.3, 0.4) is 0 Å². The van der Waals surface area contributed by atoms with E-state index in [1.54, 1.807) is 6.92 Å². The fourth-order valence-electron chi connectivity index (χ4n) is 8.61. The third kappa shape index (κ3) is 5.80. The van der Waals surface area contributed by atoms with Gasteiger partial charge in [0.25, 0.3) is 0 Å². The number of phenols is 1. The maximum Gasteiger partial charge on any atom is 0.514 e. The second-order valence-corrected chi connectivity index (χ2v) is 13.5. The molecule has 4 heterocycles. The number of ether oxygens (including phenoxy) is 5. The van der Waals surface area contributed by atoms with Gasteiger partial charge in [0.1, 0.15) is 18.4 Å². The van der Waals surface area contributed by atoms with Crippen molar-refractivity contribution in [2.75, 3.05) is 34.1 Å². The third-order valence-corrected chi connectivity index (χ3v) is 10.7. The zero-order chi connectivity index (χ0) is 36.0. The monoisotopic (exact) mass is 694 g/mol. The fourth-order valence-corrected chi connectivity index (χ4v) is 8.61. The number of aromatic hydroxyl groups is 1. The van der Waals surface area contributed by atoms with Gasteiger partial charge in [0, 0.05) is 47.3 Å². The molecule has 2 bridgehead atoms. The smallest absolute Gasteiger partial charge is 0.504 e. The topological polar surface area (TPSA) is 143 Å². The van der Waals surface area contributed by atoms with Crippen molar-refractivity contribution in [3.8, 4) is 34.8 Å². The lowest BCUT2D eigenvalue weighted by Crippen LogP contribution is -2.68. The zero-order valence-electron chi connectivity index (χ0n) is 29.2. The Hall–Kier alpha value is -5.25. The van der Waals surface area contributed by atoms with Gasteiger partial charge < -0.3 is 34.1 Å². The van der Waals surface area contributed by atoms with Crippen LogP contribution in [0.25, 0.3) is 0 Å². The highest BCUT2D eigenvalue weighted by Crippen LogP contribution is 2.58. The van der Waals surface area contributed by atoms with E-state index >= 15 is 0 Å². The number of likely N-dealkylation sites (N-methyl/N-ethyl adjacent to an activating group) is 1. The largest absolute Gasteiger partial charge is 0.514 e. The number of nitrogens with zero attached hydrogens (tertiary/aromatic N) is 3. The molecule has 7 rings (SSSR count). The molecular weight excluding hydrogens is 652 g/mol. The van der Waals surface area contributed by atoms with Crippen molar-refractivity contribution >= 4 is 12.1 Å². The van der Waals surface area contributed by atoms with Crippen LogP contribution in [-0.4, -0.2) is 79.2 Å². The van der Waals surface area contributed by atoms with Gasteiger partial charge in [-0.3, -0.25) is 14.6 Å². The lowest BCUT2D eigenvalue weighted by molar-refractivity contribution is -0.122. The Morgan fingerprint density at radius 3 is 2.61 bits per heavy atom. The number of amides is 1. The molecule has 266 valence electrons. The first-order valence-electron chi connectivity index (χ1n) is 17.2. The molecule has 0 saturated carbocycles. The van der Waals surface area contributed by atoms with E-state index in [4.69, 9.17) is 23.7 Å². The lowest BCUT2D eigenvalue weighted by atomic mass is 9.71. The highest BCUT2D eigenvalue weighted by atomic mass is 16.7. The van der Waals surface area contributed by atoms with Gasteiger partial charge in [-0.1, -0.05) is 49.1 Å². The average Bonchev–Trinajstić information content (AvgIpc) is 3.62.